The van der Waals surface area contributed by atoms with E-state index in [9.17, 15) is 0 Å². The molecule has 2 heterocycles. The van der Waals surface area contributed by atoms with E-state index in [-0.39, 0.29) is 0 Å². The molecule has 0 aliphatic carbocycles. The van der Waals surface area contributed by atoms with Crippen molar-refractivity contribution < 1.29 is 4.74 Å². The number of benzene rings is 2. The van der Waals surface area contributed by atoms with Gasteiger partial charge in [-0.2, -0.15) is 0 Å². The Bertz CT molecular complexity index is 1090. The summed E-state index contributed by atoms with van der Waals surface area (Å²) in [5, 5.41) is 9.29. The lowest BCUT2D eigenvalue weighted by Gasteiger charge is -2.14. The van der Waals surface area contributed by atoms with Gasteiger partial charge in [0.05, 0.1) is 0 Å². The molecular formula is C21H18N4OS. The molecule has 2 aromatic carbocycles. The van der Waals surface area contributed by atoms with Crippen molar-refractivity contribution in [2.75, 3.05) is 12.0 Å². The normalized spacial score (nSPS) is 10.9. The predicted molar refractivity (Wildman–Crippen MR) is 110 cm³/mol. The molecule has 0 saturated heterocycles. The second kappa shape index (κ2) is 7.63. The highest BCUT2D eigenvalue weighted by molar-refractivity contribution is 7.98. The molecule has 0 aliphatic heterocycles. The molecule has 6 heteroatoms. The van der Waals surface area contributed by atoms with Crippen LogP contribution in [0.5, 0.6) is 5.75 Å². The van der Waals surface area contributed by atoms with Gasteiger partial charge in [0.15, 0.2) is 5.82 Å². The summed E-state index contributed by atoms with van der Waals surface area (Å²) in [6, 6.07) is 20.0. The lowest BCUT2D eigenvalue weighted by molar-refractivity contribution is 0.307. The summed E-state index contributed by atoms with van der Waals surface area (Å²) in [5.41, 5.74) is 9.28. The van der Waals surface area contributed by atoms with Crippen molar-refractivity contribution in [3.8, 4) is 17.0 Å². The van der Waals surface area contributed by atoms with Crippen molar-refractivity contribution in [3.63, 3.8) is 0 Å². The highest BCUT2D eigenvalue weighted by Gasteiger charge is 2.15. The van der Waals surface area contributed by atoms with E-state index in [0.29, 0.717) is 23.6 Å². The molecule has 0 spiro atoms. The maximum absolute atomic E-state index is 6.17. The van der Waals surface area contributed by atoms with Crippen LogP contribution in [-0.4, -0.2) is 21.4 Å². The van der Waals surface area contributed by atoms with Crippen LogP contribution >= 0.6 is 11.8 Å². The highest BCUT2D eigenvalue weighted by Crippen LogP contribution is 2.36. The Morgan fingerprint density at radius 3 is 2.67 bits per heavy atom. The number of pyridine rings is 1. The average molecular weight is 374 g/mol. The van der Waals surface area contributed by atoms with Crippen LogP contribution in [0.2, 0.25) is 0 Å². The summed E-state index contributed by atoms with van der Waals surface area (Å²) in [6.07, 6.45) is 3.74. The smallest absolute Gasteiger partial charge is 0.172 e. The van der Waals surface area contributed by atoms with Gasteiger partial charge in [0.1, 0.15) is 23.6 Å². The fourth-order valence-electron chi connectivity index (χ4n) is 2.88. The van der Waals surface area contributed by atoms with Crippen LogP contribution in [0.3, 0.4) is 0 Å². The number of hydrogen-bond donors (Lipinski definition) is 1. The Kier molecular flexibility index (Phi) is 4.89. The average Bonchev–Trinajstić information content (AvgIpc) is 2.73. The van der Waals surface area contributed by atoms with E-state index >= 15 is 0 Å². The van der Waals surface area contributed by atoms with Gasteiger partial charge in [-0.25, -0.2) is 0 Å². The molecule has 0 bridgehead atoms. The van der Waals surface area contributed by atoms with Crippen molar-refractivity contribution in [2.24, 2.45) is 0 Å². The Hall–Kier alpha value is -3.12. The van der Waals surface area contributed by atoms with Gasteiger partial charge in [0.25, 0.3) is 0 Å². The minimum absolute atomic E-state index is 0.321. The molecule has 0 unspecified atom stereocenters. The van der Waals surface area contributed by atoms with Crippen LogP contribution < -0.4 is 10.5 Å². The first-order valence-electron chi connectivity index (χ1n) is 8.48. The minimum Gasteiger partial charge on any atom is -0.488 e. The van der Waals surface area contributed by atoms with Gasteiger partial charge in [0.2, 0.25) is 0 Å². The number of fused-ring (bicyclic) bond motifs is 1. The molecule has 2 N–H and O–H groups in total. The number of rotatable bonds is 5. The summed E-state index contributed by atoms with van der Waals surface area (Å²) in [4.78, 5) is 5.47. The van der Waals surface area contributed by atoms with E-state index < -0.39 is 0 Å². The predicted octanol–water partition coefficient (Wildman–Crippen LogP) is 4.57. The van der Waals surface area contributed by atoms with E-state index in [1.165, 1.54) is 0 Å². The molecule has 2 aromatic heterocycles. The first-order chi connectivity index (χ1) is 13.3. The van der Waals surface area contributed by atoms with E-state index in [1.54, 1.807) is 18.0 Å². The van der Waals surface area contributed by atoms with Gasteiger partial charge >= 0.3 is 0 Å². The second-order valence-corrected chi connectivity index (χ2v) is 6.85. The zero-order chi connectivity index (χ0) is 18.6. The van der Waals surface area contributed by atoms with Crippen molar-refractivity contribution >= 4 is 28.5 Å². The second-order valence-electron chi connectivity index (χ2n) is 5.97. The summed E-state index contributed by atoms with van der Waals surface area (Å²) >= 11 is 1.67. The quantitative estimate of drug-likeness (QED) is 0.516. The van der Waals surface area contributed by atoms with Gasteiger partial charge in [-0.3, -0.25) is 4.98 Å². The van der Waals surface area contributed by atoms with E-state index in [0.717, 1.165) is 27.2 Å². The number of thioether (sulfide) groups is 1. The third-order valence-electron chi connectivity index (χ3n) is 4.24. The van der Waals surface area contributed by atoms with E-state index in [4.69, 9.17) is 10.5 Å². The van der Waals surface area contributed by atoms with Gasteiger partial charge in [0, 0.05) is 22.0 Å². The number of anilines is 1. The molecule has 0 fully saturated rings. The van der Waals surface area contributed by atoms with Crippen LogP contribution in [0.4, 0.5) is 5.82 Å². The van der Waals surface area contributed by atoms with E-state index in [2.05, 4.69) is 21.2 Å². The summed E-state index contributed by atoms with van der Waals surface area (Å²) in [5.74, 6) is 1.08. The number of hydrogen-bond acceptors (Lipinski definition) is 6. The number of nitrogens with zero attached hydrogens (tertiary/aromatic N) is 3. The van der Waals surface area contributed by atoms with Gasteiger partial charge in [-0.15, -0.1) is 22.0 Å². The number of ether oxygens (including phenoxy) is 1. The van der Waals surface area contributed by atoms with Gasteiger partial charge in [-0.1, -0.05) is 30.3 Å². The zero-order valence-electron chi connectivity index (χ0n) is 14.8. The summed E-state index contributed by atoms with van der Waals surface area (Å²) in [7, 11) is 0. The molecule has 134 valence electrons. The van der Waals surface area contributed by atoms with Crippen molar-refractivity contribution in [2.45, 2.75) is 11.5 Å². The lowest BCUT2D eigenvalue weighted by Crippen LogP contribution is -2.01. The van der Waals surface area contributed by atoms with Crippen molar-refractivity contribution in [1.29, 1.82) is 0 Å². The van der Waals surface area contributed by atoms with Crippen LogP contribution in [-0.2, 0) is 6.61 Å². The molecule has 27 heavy (non-hydrogen) atoms. The maximum Gasteiger partial charge on any atom is 0.172 e. The standard InChI is InChI=1S/C21H18N4OS/c1-27-15-9-10-16(18(12-15)26-13-14-6-3-2-4-7-14)19-17-8-5-11-23-20(17)21(22)25-24-19/h2-12H,13H2,1H3,(H2,22,25). The fourth-order valence-corrected chi connectivity index (χ4v) is 3.31. The van der Waals surface area contributed by atoms with Crippen LogP contribution in [0, 0.1) is 0 Å². The van der Waals surface area contributed by atoms with Crippen LogP contribution in [0.1, 0.15) is 5.56 Å². The fraction of sp³-hybridized carbons (Fsp3) is 0.0952. The zero-order valence-corrected chi connectivity index (χ0v) is 15.6. The molecule has 0 saturated carbocycles. The third-order valence-corrected chi connectivity index (χ3v) is 4.97. The highest BCUT2D eigenvalue weighted by atomic mass is 32.2. The topological polar surface area (TPSA) is 73.9 Å². The monoisotopic (exact) mass is 374 g/mol. The van der Waals surface area contributed by atoms with Crippen molar-refractivity contribution in [3.05, 3.63) is 72.4 Å². The van der Waals surface area contributed by atoms with Crippen molar-refractivity contribution in [1.82, 2.24) is 15.2 Å². The summed E-state index contributed by atoms with van der Waals surface area (Å²) < 4.78 is 6.17. The number of nitrogens with two attached hydrogens (primary N) is 1. The molecular weight excluding hydrogens is 356 g/mol. The van der Waals surface area contributed by atoms with Crippen LogP contribution in [0.15, 0.2) is 71.8 Å². The number of nitrogen functional groups attached to an aromatic ring is 1. The number of aromatic nitrogens is 3. The van der Waals surface area contributed by atoms with E-state index in [1.807, 2.05) is 60.9 Å². The summed E-state index contributed by atoms with van der Waals surface area (Å²) in [6.45, 7) is 0.476. The largest absolute Gasteiger partial charge is 0.488 e. The first kappa shape index (κ1) is 17.3. The maximum atomic E-state index is 6.17. The van der Waals surface area contributed by atoms with Gasteiger partial charge in [-0.05, 0) is 42.2 Å². The molecule has 5 nitrogen and oxygen atoms in total. The minimum atomic E-state index is 0.321. The SMILES string of the molecule is CSc1ccc(-c2nnc(N)c3ncccc23)c(OCc2ccccc2)c1. The van der Waals surface area contributed by atoms with Gasteiger partial charge < -0.3 is 10.5 Å². The third kappa shape index (κ3) is 3.57. The molecule has 0 atom stereocenters. The molecule has 0 radical (unpaired) electrons. The Morgan fingerprint density at radius 1 is 1.00 bits per heavy atom. The Labute approximate surface area is 161 Å². The molecule has 4 aromatic rings. The van der Waals surface area contributed by atoms with Crippen LogP contribution in [0.25, 0.3) is 22.2 Å². The molecule has 0 aliphatic rings. The Balaban J connectivity index is 1.80. The molecule has 4 rings (SSSR count). The molecule has 0 amide bonds. The lowest BCUT2D eigenvalue weighted by atomic mass is 10.1. The first-order valence-corrected chi connectivity index (χ1v) is 9.71. The Morgan fingerprint density at radius 2 is 1.85 bits per heavy atom.